The minimum atomic E-state index is -0.705. The number of aromatic nitrogens is 1. The van der Waals surface area contributed by atoms with Crippen molar-refractivity contribution in [2.45, 2.75) is 12.7 Å². The topological polar surface area (TPSA) is 36.1 Å². The highest BCUT2D eigenvalue weighted by Gasteiger charge is 2.26. The molecule has 4 rings (SSSR count). The molecule has 2 aromatic carbocycles. The average molecular weight is 361 g/mol. The van der Waals surface area contributed by atoms with Crippen molar-refractivity contribution in [1.82, 2.24) is 9.88 Å². The van der Waals surface area contributed by atoms with Gasteiger partial charge in [0.2, 0.25) is 0 Å². The molecule has 1 N–H and O–H groups in total. The van der Waals surface area contributed by atoms with Crippen molar-refractivity contribution >= 4 is 37.5 Å². The molecule has 0 unspecified atom stereocenters. The van der Waals surface area contributed by atoms with Gasteiger partial charge in [0.05, 0.1) is 5.39 Å². The van der Waals surface area contributed by atoms with Crippen molar-refractivity contribution in [1.29, 1.82) is 0 Å². The van der Waals surface area contributed by atoms with Gasteiger partial charge in [-0.05, 0) is 46.0 Å². The van der Waals surface area contributed by atoms with Gasteiger partial charge in [-0.3, -0.25) is 9.69 Å². The third-order valence-corrected chi connectivity index (χ3v) is 4.72. The molecule has 1 aromatic heterocycles. The third kappa shape index (κ3) is 2.25. The highest BCUT2D eigenvalue weighted by Crippen LogP contribution is 2.30. The summed E-state index contributed by atoms with van der Waals surface area (Å²) in [5.41, 5.74) is 1.05. The van der Waals surface area contributed by atoms with E-state index in [1.807, 2.05) is 30.3 Å². The van der Waals surface area contributed by atoms with Crippen LogP contribution in [-0.2, 0) is 6.54 Å². The van der Waals surface area contributed by atoms with Gasteiger partial charge >= 0.3 is 0 Å². The van der Waals surface area contributed by atoms with Crippen LogP contribution in [0.5, 0.6) is 0 Å². The lowest BCUT2D eigenvalue weighted by molar-refractivity contribution is 0.0595. The molecule has 0 spiro atoms. The first-order chi connectivity index (χ1) is 10.6. The zero-order chi connectivity index (χ0) is 15.3. The number of benzene rings is 2. The molecular weight excluding hydrogens is 347 g/mol. The Bertz CT molecular complexity index is 931. The Labute approximate surface area is 134 Å². The van der Waals surface area contributed by atoms with Crippen LogP contribution in [0.25, 0.3) is 21.5 Å². The van der Waals surface area contributed by atoms with E-state index >= 15 is 0 Å². The van der Waals surface area contributed by atoms with E-state index in [1.165, 1.54) is 0 Å². The normalized spacial score (nSPS) is 16.3. The SMILES string of the molecule is O=c1[nH]ccc2cc(CN3CC(F)C3)c3ccc(Br)cc3c12. The molecule has 1 fully saturated rings. The number of aromatic amines is 1. The van der Waals surface area contributed by atoms with Gasteiger partial charge < -0.3 is 4.98 Å². The van der Waals surface area contributed by atoms with Crippen LogP contribution in [0, 0.1) is 0 Å². The molecule has 22 heavy (non-hydrogen) atoms. The molecule has 0 amide bonds. The number of nitrogens with zero attached hydrogens (tertiary/aromatic N) is 1. The lowest BCUT2D eigenvalue weighted by Gasteiger charge is -2.34. The minimum Gasteiger partial charge on any atom is -0.329 e. The summed E-state index contributed by atoms with van der Waals surface area (Å²) in [4.78, 5) is 17.0. The fourth-order valence-electron chi connectivity index (χ4n) is 3.17. The van der Waals surface area contributed by atoms with Crippen LogP contribution < -0.4 is 5.56 Å². The Kier molecular flexibility index (Phi) is 3.27. The highest BCUT2D eigenvalue weighted by molar-refractivity contribution is 9.10. The summed E-state index contributed by atoms with van der Waals surface area (Å²) in [6.45, 7) is 1.69. The van der Waals surface area contributed by atoms with Crippen molar-refractivity contribution in [2.24, 2.45) is 0 Å². The van der Waals surface area contributed by atoms with Crippen LogP contribution in [-0.4, -0.2) is 29.1 Å². The molecule has 0 radical (unpaired) electrons. The Morgan fingerprint density at radius 1 is 1.23 bits per heavy atom. The van der Waals surface area contributed by atoms with Gasteiger partial charge in [0.1, 0.15) is 6.17 Å². The Morgan fingerprint density at radius 2 is 2.05 bits per heavy atom. The molecule has 0 atom stereocenters. The summed E-state index contributed by atoms with van der Waals surface area (Å²) in [5, 5.41) is 3.60. The van der Waals surface area contributed by atoms with E-state index in [2.05, 4.69) is 25.8 Å². The van der Waals surface area contributed by atoms with Gasteiger partial charge in [-0.15, -0.1) is 0 Å². The van der Waals surface area contributed by atoms with Crippen LogP contribution in [0.4, 0.5) is 4.39 Å². The highest BCUT2D eigenvalue weighted by atomic mass is 79.9. The maximum Gasteiger partial charge on any atom is 0.256 e. The smallest absolute Gasteiger partial charge is 0.256 e. The Balaban J connectivity index is 1.97. The second-order valence-electron chi connectivity index (χ2n) is 5.79. The standard InChI is InChI=1S/C17H14BrFN2O/c18-12-1-2-14-11(7-21-8-13(19)9-21)5-10-3-4-20-17(22)16(10)15(14)6-12/h1-6,13H,7-9H2,(H,20,22). The number of likely N-dealkylation sites (tertiary alicyclic amines) is 1. The van der Waals surface area contributed by atoms with E-state index in [1.54, 1.807) is 6.20 Å². The monoisotopic (exact) mass is 360 g/mol. The summed E-state index contributed by atoms with van der Waals surface area (Å²) in [6.07, 6.45) is 0.961. The first-order valence-corrected chi connectivity index (χ1v) is 8.00. The van der Waals surface area contributed by atoms with Gasteiger partial charge in [-0.2, -0.15) is 0 Å². The lowest BCUT2D eigenvalue weighted by Crippen LogP contribution is -2.47. The number of hydrogen-bond acceptors (Lipinski definition) is 2. The van der Waals surface area contributed by atoms with Crippen LogP contribution in [0.15, 0.2) is 45.8 Å². The predicted octanol–water partition coefficient (Wildman–Crippen LogP) is 3.60. The first kappa shape index (κ1) is 13.9. The molecule has 1 aliphatic rings. The van der Waals surface area contributed by atoms with Gasteiger partial charge in [-0.1, -0.05) is 22.0 Å². The summed E-state index contributed by atoms with van der Waals surface area (Å²) in [7, 11) is 0. The fourth-order valence-corrected chi connectivity index (χ4v) is 3.53. The number of fused-ring (bicyclic) bond motifs is 3. The Morgan fingerprint density at radius 3 is 2.82 bits per heavy atom. The second-order valence-corrected chi connectivity index (χ2v) is 6.70. The number of hydrogen-bond donors (Lipinski definition) is 1. The molecule has 1 aliphatic heterocycles. The number of rotatable bonds is 2. The zero-order valence-corrected chi connectivity index (χ0v) is 13.4. The Hall–Kier alpha value is -1.72. The molecule has 3 aromatic rings. The van der Waals surface area contributed by atoms with E-state index in [0.29, 0.717) is 25.0 Å². The molecule has 2 heterocycles. The number of halogens is 2. The molecule has 0 aliphatic carbocycles. The van der Waals surface area contributed by atoms with E-state index in [0.717, 1.165) is 26.2 Å². The summed E-state index contributed by atoms with van der Waals surface area (Å²) in [5.74, 6) is 0. The van der Waals surface area contributed by atoms with E-state index < -0.39 is 6.17 Å². The van der Waals surface area contributed by atoms with Gasteiger partial charge in [-0.25, -0.2) is 4.39 Å². The van der Waals surface area contributed by atoms with Gasteiger partial charge in [0.15, 0.2) is 0 Å². The zero-order valence-electron chi connectivity index (χ0n) is 11.8. The third-order valence-electron chi connectivity index (χ3n) is 4.23. The van der Waals surface area contributed by atoms with Crippen molar-refractivity contribution in [2.75, 3.05) is 13.1 Å². The van der Waals surface area contributed by atoms with Crippen LogP contribution in [0.2, 0.25) is 0 Å². The predicted molar refractivity (Wildman–Crippen MR) is 89.9 cm³/mol. The largest absolute Gasteiger partial charge is 0.329 e. The van der Waals surface area contributed by atoms with Crippen molar-refractivity contribution < 1.29 is 4.39 Å². The average Bonchev–Trinajstić information content (AvgIpc) is 2.45. The molecule has 0 bridgehead atoms. The van der Waals surface area contributed by atoms with Crippen molar-refractivity contribution in [3.8, 4) is 0 Å². The lowest BCUT2D eigenvalue weighted by atomic mass is 9.97. The van der Waals surface area contributed by atoms with Crippen LogP contribution in [0.1, 0.15) is 5.56 Å². The second kappa shape index (κ2) is 5.18. The summed E-state index contributed by atoms with van der Waals surface area (Å²) >= 11 is 3.48. The first-order valence-electron chi connectivity index (χ1n) is 7.21. The van der Waals surface area contributed by atoms with E-state index in [9.17, 15) is 9.18 Å². The van der Waals surface area contributed by atoms with Gasteiger partial charge in [0.25, 0.3) is 5.56 Å². The number of pyridine rings is 1. The van der Waals surface area contributed by atoms with E-state index in [-0.39, 0.29) is 5.56 Å². The summed E-state index contributed by atoms with van der Waals surface area (Å²) < 4.78 is 14.0. The van der Waals surface area contributed by atoms with Crippen LogP contribution >= 0.6 is 15.9 Å². The maximum absolute atomic E-state index is 13.0. The molecule has 5 heteroatoms. The van der Waals surface area contributed by atoms with Gasteiger partial charge in [0, 0.05) is 30.3 Å². The van der Waals surface area contributed by atoms with Crippen molar-refractivity contribution in [3.63, 3.8) is 0 Å². The van der Waals surface area contributed by atoms with E-state index in [4.69, 9.17) is 0 Å². The molecule has 0 saturated carbocycles. The summed E-state index contributed by atoms with van der Waals surface area (Å²) in [6, 6.07) is 9.93. The van der Waals surface area contributed by atoms with Crippen LogP contribution in [0.3, 0.4) is 0 Å². The van der Waals surface area contributed by atoms with Crippen molar-refractivity contribution in [3.05, 3.63) is 56.9 Å². The molecular formula is C17H14BrFN2O. The molecule has 3 nitrogen and oxygen atoms in total. The fraction of sp³-hybridized carbons (Fsp3) is 0.235. The quantitative estimate of drug-likeness (QED) is 0.708. The minimum absolute atomic E-state index is 0.0834. The molecule has 1 saturated heterocycles. The number of alkyl halides is 1. The molecule has 112 valence electrons. The number of nitrogens with one attached hydrogen (secondary N) is 1. The maximum atomic E-state index is 13.0. The number of H-pyrrole nitrogens is 1.